The lowest BCUT2D eigenvalue weighted by Gasteiger charge is -2.14. The molecule has 4 nitrogen and oxygen atoms in total. The number of ether oxygens (including phenoxy) is 2. The van der Waals surface area contributed by atoms with E-state index in [0.29, 0.717) is 18.5 Å². The summed E-state index contributed by atoms with van der Waals surface area (Å²) in [5.74, 6) is 0.688. The molecule has 0 aromatic carbocycles. The number of nitrogens with one attached hydrogen (secondary N) is 1. The van der Waals surface area contributed by atoms with Gasteiger partial charge in [-0.15, -0.1) is 11.3 Å². The van der Waals surface area contributed by atoms with E-state index >= 15 is 0 Å². The molecule has 0 aliphatic carbocycles. The van der Waals surface area contributed by atoms with Gasteiger partial charge in [0.25, 0.3) is 0 Å². The average molecular weight is 304 g/mol. The van der Waals surface area contributed by atoms with E-state index in [1.54, 1.807) is 17.5 Å². The van der Waals surface area contributed by atoms with Crippen LogP contribution in [0.5, 0.6) is 5.88 Å². The minimum atomic E-state index is 0.144. The summed E-state index contributed by atoms with van der Waals surface area (Å²) < 4.78 is 11.1. The third-order valence-electron chi connectivity index (χ3n) is 3.56. The second-order valence-electron chi connectivity index (χ2n) is 5.22. The molecule has 2 atom stereocenters. The first-order valence-electron chi connectivity index (χ1n) is 7.27. The predicted molar refractivity (Wildman–Crippen MR) is 83.7 cm³/mol. The Morgan fingerprint density at radius 3 is 3.24 bits per heavy atom. The van der Waals surface area contributed by atoms with E-state index in [1.807, 2.05) is 12.1 Å². The highest BCUT2D eigenvalue weighted by molar-refractivity contribution is 7.10. The maximum atomic E-state index is 5.83. The summed E-state index contributed by atoms with van der Waals surface area (Å²) in [7, 11) is 0. The SMILES string of the molecule is CC(NCc1ccnc(OC2CCOC2)c1)c1cccs1. The molecule has 0 spiro atoms. The maximum Gasteiger partial charge on any atom is 0.213 e. The van der Waals surface area contributed by atoms with E-state index in [9.17, 15) is 0 Å². The van der Waals surface area contributed by atoms with Gasteiger partial charge in [0.1, 0.15) is 6.10 Å². The molecule has 2 unspecified atom stereocenters. The highest BCUT2D eigenvalue weighted by Crippen LogP contribution is 2.19. The number of pyridine rings is 1. The topological polar surface area (TPSA) is 43.4 Å². The Morgan fingerprint density at radius 1 is 1.52 bits per heavy atom. The summed E-state index contributed by atoms with van der Waals surface area (Å²) in [5.41, 5.74) is 1.18. The molecule has 0 radical (unpaired) electrons. The fourth-order valence-corrected chi connectivity index (χ4v) is 3.07. The molecule has 1 N–H and O–H groups in total. The minimum absolute atomic E-state index is 0.144. The second-order valence-corrected chi connectivity index (χ2v) is 6.20. The van der Waals surface area contributed by atoms with Gasteiger partial charge in [0.05, 0.1) is 13.2 Å². The molecular weight excluding hydrogens is 284 g/mol. The number of aromatic nitrogens is 1. The van der Waals surface area contributed by atoms with Gasteiger partial charge in [-0.1, -0.05) is 6.07 Å². The van der Waals surface area contributed by atoms with Crippen LogP contribution in [0.3, 0.4) is 0 Å². The van der Waals surface area contributed by atoms with Gasteiger partial charge in [0.2, 0.25) is 5.88 Å². The van der Waals surface area contributed by atoms with Gasteiger partial charge >= 0.3 is 0 Å². The van der Waals surface area contributed by atoms with Gasteiger partial charge in [0, 0.05) is 36.1 Å². The summed E-state index contributed by atoms with van der Waals surface area (Å²) in [6.07, 6.45) is 2.89. The van der Waals surface area contributed by atoms with E-state index < -0.39 is 0 Å². The normalized spacial score (nSPS) is 19.6. The molecule has 2 aromatic heterocycles. The molecule has 1 aliphatic rings. The number of thiophene rings is 1. The van der Waals surface area contributed by atoms with Gasteiger partial charge < -0.3 is 14.8 Å². The zero-order valence-electron chi connectivity index (χ0n) is 12.1. The fraction of sp³-hybridized carbons (Fsp3) is 0.438. The molecule has 1 fully saturated rings. The van der Waals surface area contributed by atoms with Crippen molar-refractivity contribution in [2.45, 2.75) is 32.0 Å². The van der Waals surface area contributed by atoms with Crippen molar-refractivity contribution >= 4 is 11.3 Å². The maximum absolute atomic E-state index is 5.83. The molecule has 0 amide bonds. The largest absolute Gasteiger partial charge is 0.472 e. The minimum Gasteiger partial charge on any atom is -0.472 e. The number of hydrogen-bond donors (Lipinski definition) is 1. The highest BCUT2D eigenvalue weighted by atomic mass is 32.1. The number of nitrogens with zero attached hydrogens (tertiary/aromatic N) is 1. The van der Waals surface area contributed by atoms with Crippen molar-refractivity contribution < 1.29 is 9.47 Å². The van der Waals surface area contributed by atoms with Crippen molar-refractivity contribution in [3.63, 3.8) is 0 Å². The van der Waals surface area contributed by atoms with Gasteiger partial charge in [-0.3, -0.25) is 0 Å². The van der Waals surface area contributed by atoms with Crippen molar-refractivity contribution in [3.05, 3.63) is 46.3 Å². The Morgan fingerprint density at radius 2 is 2.48 bits per heavy atom. The highest BCUT2D eigenvalue weighted by Gasteiger charge is 2.17. The Labute approximate surface area is 129 Å². The molecule has 0 bridgehead atoms. The van der Waals surface area contributed by atoms with E-state index in [4.69, 9.17) is 9.47 Å². The van der Waals surface area contributed by atoms with Crippen LogP contribution in [0, 0.1) is 0 Å². The molecule has 1 aliphatic heterocycles. The van der Waals surface area contributed by atoms with Crippen LogP contribution < -0.4 is 10.1 Å². The fourth-order valence-electron chi connectivity index (χ4n) is 2.31. The van der Waals surface area contributed by atoms with Crippen molar-refractivity contribution in [2.75, 3.05) is 13.2 Å². The third kappa shape index (κ3) is 4.03. The lowest BCUT2D eigenvalue weighted by atomic mass is 10.2. The van der Waals surface area contributed by atoms with E-state index in [0.717, 1.165) is 19.6 Å². The summed E-state index contributed by atoms with van der Waals surface area (Å²) in [6, 6.07) is 8.62. The van der Waals surface area contributed by atoms with E-state index in [1.165, 1.54) is 10.4 Å². The first-order chi connectivity index (χ1) is 10.3. The zero-order valence-corrected chi connectivity index (χ0v) is 12.9. The summed E-state index contributed by atoms with van der Waals surface area (Å²) >= 11 is 1.78. The second kappa shape index (κ2) is 7.02. The van der Waals surface area contributed by atoms with Crippen LogP contribution in [0.2, 0.25) is 0 Å². The monoisotopic (exact) mass is 304 g/mol. The Kier molecular flexibility index (Phi) is 4.85. The van der Waals surface area contributed by atoms with Gasteiger partial charge in [-0.05, 0) is 30.0 Å². The van der Waals surface area contributed by atoms with Crippen LogP contribution in [0.15, 0.2) is 35.8 Å². The predicted octanol–water partition coefficient (Wildman–Crippen LogP) is 3.16. The van der Waals surface area contributed by atoms with Crippen molar-refractivity contribution in [1.82, 2.24) is 10.3 Å². The quantitative estimate of drug-likeness (QED) is 0.890. The molecular formula is C16H20N2O2S. The van der Waals surface area contributed by atoms with Crippen molar-refractivity contribution in [3.8, 4) is 5.88 Å². The molecule has 3 heterocycles. The van der Waals surface area contributed by atoms with Crippen molar-refractivity contribution in [2.24, 2.45) is 0 Å². The molecule has 1 saturated heterocycles. The van der Waals surface area contributed by atoms with Crippen LogP contribution in [-0.4, -0.2) is 24.3 Å². The molecule has 0 saturated carbocycles. The van der Waals surface area contributed by atoms with Crippen LogP contribution in [0.25, 0.3) is 0 Å². The van der Waals surface area contributed by atoms with Crippen LogP contribution >= 0.6 is 11.3 Å². The molecule has 5 heteroatoms. The smallest absolute Gasteiger partial charge is 0.213 e. The lowest BCUT2D eigenvalue weighted by molar-refractivity contribution is 0.138. The zero-order chi connectivity index (χ0) is 14.5. The van der Waals surface area contributed by atoms with Gasteiger partial charge in [-0.2, -0.15) is 0 Å². The van der Waals surface area contributed by atoms with E-state index in [2.05, 4.69) is 34.7 Å². The Hall–Kier alpha value is -1.43. The lowest BCUT2D eigenvalue weighted by Crippen LogP contribution is -2.18. The van der Waals surface area contributed by atoms with Crippen LogP contribution in [-0.2, 0) is 11.3 Å². The molecule has 3 rings (SSSR count). The summed E-state index contributed by atoms with van der Waals surface area (Å²) in [4.78, 5) is 5.63. The van der Waals surface area contributed by atoms with Crippen LogP contribution in [0.4, 0.5) is 0 Å². The third-order valence-corrected chi connectivity index (χ3v) is 4.61. The molecule has 21 heavy (non-hydrogen) atoms. The molecule has 112 valence electrons. The first kappa shape index (κ1) is 14.5. The Bertz CT molecular complexity index is 553. The van der Waals surface area contributed by atoms with Crippen LogP contribution in [0.1, 0.15) is 29.8 Å². The first-order valence-corrected chi connectivity index (χ1v) is 8.15. The molecule has 2 aromatic rings. The van der Waals surface area contributed by atoms with Crippen molar-refractivity contribution in [1.29, 1.82) is 0 Å². The van der Waals surface area contributed by atoms with Gasteiger partial charge in [0.15, 0.2) is 0 Å². The van der Waals surface area contributed by atoms with Gasteiger partial charge in [-0.25, -0.2) is 4.98 Å². The summed E-state index contributed by atoms with van der Waals surface area (Å²) in [5, 5.41) is 5.63. The standard InChI is InChI=1S/C16H20N2O2S/c1-12(15-3-2-8-21-15)18-10-13-4-6-17-16(9-13)20-14-5-7-19-11-14/h2-4,6,8-9,12,14,18H,5,7,10-11H2,1H3. The summed E-state index contributed by atoms with van der Waals surface area (Å²) in [6.45, 7) is 4.43. The number of hydrogen-bond acceptors (Lipinski definition) is 5. The van der Waals surface area contributed by atoms with E-state index in [-0.39, 0.29) is 6.10 Å². The average Bonchev–Trinajstić information content (AvgIpc) is 3.18. The Balaban J connectivity index is 1.55. The number of rotatable bonds is 6.